The fourth-order valence-corrected chi connectivity index (χ4v) is 4.45. The predicted octanol–water partition coefficient (Wildman–Crippen LogP) is 6.56. The molecule has 0 saturated heterocycles. The molecule has 0 aliphatic carbocycles. The highest BCUT2D eigenvalue weighted by atomic mass is 16.6. The molecule has 0 aliphatic heterocycles. The van der Waals surface area contributed by atoms with Crippen molar-refractivity contribution in [1.82, 2.24) is 10.2 Å². The maximum Gasteiger partial charge on any atom is 0.408 e. The van der Waals surface area contributed by atoms with Crippen LogP contribution in [0.4, 0.5) is 10.5 Å². The molecule has 0 saturated carbocycles. The highest BCUT2D eigenvalue weighted by Gasteiger charge is 2.43. The lowest BCUT2D eigenvalue weighted by Gasteiger charge is -2.44. The SMILES string of the molecule is CCC(C)C(NC(=O)OC(C)(C)C)C(=O)N(C(C(=O)Nc1ccc(OC)cc1)c1cc(C)ccc1C)C(C)(C)C. The van der Waals surface area contributed by atoms with Crippen LogP contribution in [0.3, 0.4) is 0 Å². The lowest BCUT2D eigenvalue weighted by molar-refractivity contribution is -0.148. The Hall–Kier alpha value is -3.55. The summed E-state index contributed by atoms with van der Waals surface area (Å²) in [7, 11) is 1.58. The fourth-order valence-electron chi connectivity index (χ4n) is 4.45. The van der Waals surface area contributed by atoms with Crippen LogP contribution in [0.25, 0.3) is 0 Å². The summed E-state index contributed by atoms with van der Waals surface area (Å²) in [6.07, 6.45) is -0.0397. The highest BCUT2D eigenvalue weighted by molar-refractivity contribution is 5.99. The topological polar surface area (TPSA) is 97.0 Å². The number of hydrogen-bond donors (Lipinski definition) is 2. The fraction of sp³-hybridized carbons (Fsp3) is 0.531. The average molecular weight is 554 g/mol. The number of benzene rings is 2. The van der Waals surface area contributed by atoms with Crippen molar-refractivity contribution in [2.24, 2.45) is 5.92 Å². The first-order chi connectivity index (χ1) is 18.5. The van der Waals surface area contributed by atoms with Gasteiger partial charge in [0.05, 0.1) is 7.11 Å². The monoisotopic (exact) mass is 553 g/mol. The smallest absolute Gasteiger partial charge is 0.408 e. The van der Waals surface area contributed by atoms with Crippen LogP contribution < -0.4 is 15.4 Å². The van der Waals surface area contributed by atoms with E-state index in [-0.39, 0.29) is 17.7 Å². The van der Waals surface area contributed by atoms with E-state index in [9.17, 15) is 14.4 Å². The molecule has 3 unspecified atom stereocenters. The van der Waals surface area contributed by atoms with Crippen LogP contribution in [0.15, 0.2) is 42.5 Å². The minimum Gasteiger partial charge on any atom is -0.497 e. The Bertz CT molecular complexity index is 1180. The number of rotatable bonds is 9. The van der Waals surface area contributed by atoms with E-state index in [1.807, 2.05) is 66.7 Å². The zero-order chi connectivity index (χ0) is 30.4. The molecule has 8 nitrogen and oxygen atoms in total. The van der Waals surface area contributed by atoms with Gasteiger partial charge in [0.2, 0.25) is 5.91 Å². The Balaban J connectivity index is 2.65. The largest absolute Gasteiger partial charge is 0.497 e. The quantitative estimate of drug-likeness (QED) is 0.367. The average Bonchev–Trinajstić information content (AvgIpc) is 2.85. The van der Waals surface area contributed by atoms with Gasteiger partial charge in [-0.2, -0.15) is 0 Å². The molecule has 2 aromatic rings. The van der Waals surface area contributed by atoms with Gasteiger partial charge in [-0.25, -0.2) is 4.79 Å². The van der Waals surface area contributed by atoms with Gasteiger partial charge in [-0.15, -0.1) is 0 Å². The van der Waals surface area contributed by atoms with E-state index in [2.05, 4.69) is 10.6 Å². The summed E-state index contributed by atoms with van der Waals surface area (Å²) >= 11 is 0. The van der Waals surface area contributed by atoms with Crippen molar-refractivity contribution in [2.45, 2.75) is 98.9 Å². The van der Waals surface area contributed by atoms with Gasteiger partial charge in [-0.3, -0.25) is 9.59 Å². The van der Waals surface area contributed by atoms with Crippen LogP contribution >= 0.6 is 0 Å². The molecular weight excluding hydrogens is 506 g/mol. The van der Waals surface area contributed by atoms with Gasteiger partial charge in [0, 0.05) is 11.2 Å². The molecule has 0 bridgehead atoms. The third-order valence-corrected chi connectivity index (χ3v) is 6.70. The summed E-state index contributed by atoms with van der Waals surface area (Å²) in [5.74, 6) is -0.264. The molecule has 3 atom stereocenters. The molecule has 0 spiro atoms. The Morgan fingerprint density at radius 1 is 0.950 bits per heavy atom. The number of anilines is 1. The number of nitrogens with zero attached hydrogens (tertiary/aromatic N) is 1. The summed E-state index contributed by atoms with van der Waals surface area (Å²) in [6, 6.07) is 11.0. The molecule has 40 heavy (non-hydrogen) atoms. The molecule has 3 amide bonds. The van der Waals surface area contributed by atoms with Crippen molar-refractivity contribution in [3.05, 3.63) is 59.2 Å². The summed E-state index contributed by atoms with van der Waals surface area (Å²) < 4.78 is 10.7. The number of carbonyl (C=O) groups is 3. The van der Waals surface area contributed by atoms with Crippen molar-refractivity contribution in [3.8, 4) is 5.75 Å². The van der Waals surface area contributed by atoms with E-state index in [1.54, 1.807) is 57.0 Å². The van der Waals surface area contributed by atoms with E-state index >= 15 is 0 Å². The number of ether oxygens (including phenoxy) is 2. The van der Waals surface area contributed by atoms with Crippen LogP contribution in [-0.2, 0) is 14.3 Å². The predicted molar refractivity (Wildman–Crippen MR) is 159 cm³/mol. The van der Waals surface area contributed by atoms with Crippen LogP contribution in [-0.4, -0.2) is 47.1 Å². The second-order valence-corrected chi connectivity index (χ2v) is 12.4. The number of hydrogen-bond acceptors (Lipinski definition) is 5. The maximum absolute atomic E-state index is 14.5. The Morgan fingerprint density at radius 2 is 1.55 bits per heavy atom. The molecule has 0 aliphatic rings. The van der Waals surface area contributed by atoms with E-state index in [4.69, 9.17) is 9.47 Å². The lowest BCUT2D eigenvalue weighted by atomic mass is 9.89. The van der Waals surface area contributed by atoms with Crippen molar-refractivity contribution in [2.75, 3.05) is 12.4 Å². The zero-order valence-electron chi connectivity index (χ0n) is 26.0. The molecule has 0 heterocycles. The first kappa shape index (κ1) is 32.7. The molecule has 2 aromatic carbocycles. The first-order valence-electron chi connectivity index (χ1n) is 13.8. The number of alkyl carbamates (subject to hydrolysis) is 1. The molecule has 0 aromatic heterocycles. The van der Waals surface area contributed by atoms with Crippen LogP contribution in [0.5, 0.6) is 5.75 Å². The third-order valence-electron chi connectivity index (χ3n) is 6.70. The van der Waals surface area contributed by atoms with Gasteiger partial charge in [0.25, 0.3) is 5.91 Å². The van der Waals surface area contributed by atoms with Crippen LogP contribution in [0.2, 0.25) is 0 Å². The molecule has 2 N–H and O–H groups in total. The van der Waals surface area contributed by atoms with Crippen LogP contribution in [0, 0.1) is 19.8 Å². The Labute approximate surface area is 239 Å². The molecule has 220 valence electrons. The summed E-state index contributed by atoms with van der Waals surface area (Å²) in [4.78, 5) is 43.1. The summed E-state index contributed by atoms with van der Waals surface area (Å²) in [5, 5.41) is 5.81. The molecular formula is C32H47N3O5. The first-order valence-corrected chi connectivity index (χ1v) is 13.8. The van der Waals surface area contributed by atoms with Crippen molar-refractivity contribution in [1.29, 1.82) is 0 Å². The lowest BCUT2D eigenvalue weighted by Crippen LogP contribution is -2.59. The summed E-state index contributed by atoms with van der Waals surface area (Å²) in [5.41, 5.74) is 1.63. The third kappa shape index (κ3) is 8.73. The molecule has 0 fully saturated rings. The van der Waals surface area contributed by atoms with Gasteiger partial charge in [0.1, 0.15) is 23.4 Å². The minimum atomic E-state index is -0.971. The van der Waals surface area contributed by atoms with Gasteiger partial charge in [0.15, 0.2) is 0 Å². The second kappa shape index (κ2) is 13.2. The van der Waals surface area contributed by atoms with Crippen LogP contribution in [0.1, 0.15) is 84.5 Å². The van der Waals surface area contributed by atoms with Gasteiger partial charge >= 0.3 is 6.09 Å². The van der Waals surface area contributed by atoms with Gasteiger partial charge < -0.3 is 25.0 Å². The Morgan fingerprint density at radius 3 is 2.05 bits per heavy atom. The van der Waals surface area contributed by atoms with Crippen molar-refractivity contribution < 1.29 is 23.9 Å². The second-order valence-electron chi connectivity index (χ2n) is 12.4. The minimum absolute atomic E-state index is 0.214. The van der Waals surface area contributed by atoms with E-state index in [0.29, 0.717) is 17.9 Å². The number of amides is 3. The number of carbonyl (C=O) groups excluding carboxylic acids is 3. The van der Waals surface area contributed by atoms with Gasteiger partial charge in [-0.1, -0.05) is 44.0 Å². The van der Waals surface area contributed by atoms with Gasteiger partial charge in [-0.05, 0) is 96.7 Å². The highest BCUT2D eigenvalue weighted by Crippen LogP contribution is 2.34. The number of nitrogens with one attached hydrogen (secondary N) is 2. The van der Waals surface area contributed by atoms with E-state index in [1.165, 1.54) is 0 Å². The van der Waals surface area contributed by atoms with E-state index in [0.717, 1.165) is 16.7 Å². The van der Waals surface area contributed by atoms with Crippen molar-refractivity contribution in [3.63, 3.8) is 0 Å². The van der Waals surface area contributed by atoms with E-state index < -0.39 is 29.3 Å². The Kier molecular flexibility index (Phi) is 10.8. The zero-order valence-corrected chi connectivity index (χ0v) is 26.0. The maximum atomic E-state index is 14.5. The number of methoxy groups -OCH3 is 1. The van der Waals surface area contributed by atoms with Crippen molar-refractivity contribution >= 4 is 23.6 Å². The molecule has 2 rings (SSSR count). The normalized spacial score (nSPS) is 14.0. The molecule has 0 radical (unpaired) electrons. The number of aryl methyl sites for hydroxylation is 2. The molecule has 8 heteroatoms. The standard InChI is InChI=1S/C32H47N3O5/c1-12-21(3)26(34-30(38)40-32(8,9)10)29(37)35(31(5,6)7)27(25-19-20(2)13-14-22(25)4)28(36)33-23-15-17-24(39-11)18-16-23/h13-19,21,26-27H,12H2,1-11H3,(H,33,36)(H,34,38). The summed E-state index contributed by atoms with van der Waals surface area (Å²) in [6.45, 7) is 18.7.